The Morgan fingerprint density at radius 1 is 1.39 bits per heavy atom. The van der Waals surface area contributed by atoms with E-state index in [4.69, 9.17) is 10.1 Å². The van der Waals surface area contributed by atoms with Crippen LogP contribution in [-0.2, 0) is 17.8 Å². The largest absolute Gasteiger partial charge is 0.369 e. The van der Waals surface area contributed by atoms with Gasteiger partial charge in [0, 0.05) is 16.9 Å². The van der Waals surface area contributed by atoms with E-state index in [-0.39, 0.29) is 11.1 Å². The summed E-state index contributed by atoms with van der Waals surface area (Å²) >= 11 is 1.59. The van der Waals surface area contributed by atoms with E-state index in [0.29, 0.717) is 18.6 Å². The Balaban J connectivity index is 2.26. The number of benzene rings is 1. The molecule has 1 aliphatic rings. The number of nitriles is 1. The number of fused-ring (bicyclic) bond motifs is 1. The minimum atomic E-state index is -0.337. The maximum Gasteiger partial charge on any atom is 0.165 e. The van der Waals surface area contributed by atoms with Gasteiger partial charge in [-0.2, -0.15) is 10.4 Å². The Morgan fingerprint density at radius 3 is 2.83 bits per heavy atom. The van der Waals surface area contributed by atoms with Crippen molar-refractivity contribution >= 4 is 11.8 Å². The molecule has 2 aromatic rings. The average Bonchev–Trinajstić information content (AvgIpc) is 2.54. The molecule has 5 nitrogen and oxygen atoms in total. The fourth-order valence-corrected chi connectivity index (χ4v) is 3.35. The van der Waals surface area contributed by atoms with Crippen molar-refractivity contribution in [2.24, 2.45) is 0 Å². The highest BCUT2D eigenvalue weighted by molar-refractivity contribution is 7.98. The Labute approximate surface area is 139 Å². The predicted octanol–water partition coefficient (Wildman–Crippen LogP) is 2.80. The molecular weight excluding hydrogens is 308 g/mol. The third-order valence-electron chi connectivity index (χ3n) is 3.95. The van der Waals surface area contributed by atoms with Crippen LogP contribution in [0.5, 0.6) is 0 Å². The average molecular weight is 326 g/mol. The molecule has 118 valence electrons. The van der Waals surface area contributed by atoms with Gasteiger partial charge in [-0.15, -0.1) is 11.8 Å². The molecule has 1 aromatic carbocycles. The number of nitrogens with zero attached hydrogens (tertiary/aromatic N) is 3. The molecule has 0 atom stereocenters. The van der Waals surface area contributed by atoms with Crippen LogP contribution < -0.4 is 5.49 Å². The molecule has 0 radical (unpaired) electrons. The molecule has 0 saturated heterocycles. The monoisotopic (exact) mass is 326 g/mol. The Bertz CT molecular complexity index is 864. The van der Waals surface area contributed by atoms with Crippen molar-refractivity contribution in [3.63, 3.8) is 0 Å². The van der Waals surface area contributed by atoms with Gasteiger partial charge >= 0.3 is 0 Å². The first-order valence-corrected chi connectivity index (χ1v) is 8.56. The van der Waals surface area contributed by atoms with E-state index in [0.717, 1.165) is 21.8 Å². The third kappa shape index (κ3) is 2.78. The zero-order chi connectivity index (χ0) is 16.6. The third-order valence-corrected chi connectivity index (χ3v) is 4.73. The molecule has 0 fully saturated rings. The molecule has 0 unspecified atom stereocenters. The van der Waals surface area contributed by atoms with Crippen molar-refractivity contribution < 1.29 is 4.74 Å². The maximum atomic E-state index is 9.59. The van der Waals surface area contributed by atoms with Gasteiger partial charge in [0.2, 0.25) is 0 Å². The maximum absolute atomic E-state index is 9.59. The fourth-order valence-electron chi connectivity index (χ4n) is 2.77. The first kappa shape index (κ1) is 15.8. The number of para-hydroxylation sites is 1. The van der Waals surface area contributed by atoms with Gasteiger partial charge in [-0.25, -0.2) is 4.68 Å². The Kier molecular flexibility index (Phi) is 4.00. The number of rotatable bonds is 2. The summed E-state index contributed by atoms with van der Waals surface area (Å²) in [5.74, 6) is 0. The van der Waals surface area contributed by atoms with E-state index in [1.54, 1.807) is 16.4 Å². The summed E-state index contributed by atoms with van der Waals surface area (Å²) in [6.07, 6.45) is 2.58. The number of aromatic nitrogens is 2. The zero-order valence-corrected chi connectivity index (χ0v) is 14.2. The number of hydrogen-bond acceptors (Lipinski definition) is 5. The lowest BCUT2D eigenvalue weighted by atomic mass is 9.92. The minimum absolute atomic E-state index is 0.130. The zero-order valence-electron chi connectivity index (χ0n) is 13.4. The van der Waals surface area contributed by atoms with Crippen LogP contribution in [0, 0.1) is 16.7 Å². The van der Waals surface area contributed by atoms with E-state index < -0.39 is 0 Å². The van der Waals surface area contributed by atoms with E-state index in [9.17, 15) is 5.26 Å². The molecule has 1 N–H and O–H groups in total. The molecule has 0 spiro atoms. The SMILES string of the molecule is CSc1ccccc1-n1nc2c(c(C#N)c1=N)CC(C)(C)OC2. The van der Waals surface area contributed by atoms with E-state index >= 15 is 0 Å². The van der Waals surface area contributed by atoms with Gasteiger partial charge in [0.25, 0.3) is 0 Å². The van der Waals surface area contributed by atoms with Crippen molar-refractivity contribution in [1.29, 1.82) is 10.7 Å². The number of ether oxygens (including phenoxy) is 1. The summed E-state index contributed by atoms with van der Waals surface area (Å²) < 4.78 is 7.37. The fraction of sp³-hybridized carbons (Fsp3) is 0.353. The van der Waals surface area contributed by atoms with Gasteiger partial charge in [0.1, 0.15) is 11.6 Å². The molecule has 0 amide bonds. The van der Waals surface area contributed by atoms with E-state index in [1.165, 1.54) is 0 Å². The van der Waals surface area contributed by atoms with Gasteiger partial charge in [-0.3, -0.25) is 5.41 Å². The molecule has 1 aromatic heterocycles. The smallest absolute Gasteiger partial charge is 0.165 e. The second-order valence-electron chi connectivity index (χ2n) is 6.07. The standard InChI is InChI=1S/C17H18N4OS/c1-17(2)8-11-12(9-18)16(19)21(20-13(11)10-22-17)14-6-4-5-7-15(14)23-3/h4-7,19H,8,10H2,1-3H3. The van der Waals surface area contributed by atoms with Crippen molar-refractivity contribution in [3.8, 4) is 11.8 Å². The molecule has 2 heterocycles. The van der Waals surface area contributed by atoms with E-state index in [1.807, 2.05) is 44.4 Å². The molecule has 3 rings (SSSR count). The van der Waals surface area contributed by atoms with Crippen LogP contribution >= 0.6 is 11.8 Å². The quantitative estimate of drug-likeness (QED) is 0.861. The van der Waals surface area contributed by atoms with Gasteiger partial charge in [-0.05, 0) is 32.2 Å². The predicted molar refractivity (Wildman–Crippen MR) is 88.5 cm³/mol. The molecule has 1 aliphatic heterocycles. The van der Waals surface area contributed by atoms with Crippen LogP contribution in [-0.4, -0.2) is 21.6 Å². The Hall–Kier alpha value is -2.10. The van der Waals surface area contributed by atoms with Crippen LogP contribution in [0.25, 0.3) is 5.69 Å². The summed E-state index contributed by atoms with van der Waals surface area (Å²) in [5, 5.41) is 22.6. The lowest BCUT2D eigenvalue weighted by molar-refractivity contribution is -0.0428. The van der Waals surface area contributed by atoms with Crippen molar-refractivity contribution in [2.45, 2.75) is 37.4 Å². The first-order chi connectivity index (χ1) is 11.0. The number of nitrogens with one attached hydrogen (secondary N) is 1. The molecule has 23 heavy (non-hydrogen) atoms. The topological polar surface area (TPSA) is 74.7 Å². The Morgan fingerprint density at radius 2 is 2.13 bits per heavy atom. The van der Waals surface area contributed by atoms with Gasteiger partial charge in [0.05, 0.1) is 23.6 Å². The van der Waals surface area contributed by atoms with Crippen LogP contribution in [0.3, 0.4) is 0 Å². The normalized spacial score (nSPS) is 15.7. The number of hydrogen-bond donors (Lipinski definition) is 1. The lowest BCUT2D eigenvalue weighted by Crippen LogP contribution is -2.37. The summed E-state index contributed by atoms with van der Waals surface area (Å²) in [6, 6.07) is 9.96. The van der Waals surface area contributed by atoms with Gasteiger partial charge in [0.15, 0.2) is 5.49 Å². The summed E-state index contributed by atoms with van der Waals surface area (Å²) in [4.78, 5) is 1.01. The summed E-state index contributed by atoms with van der Waals surface area (Å²) in [6.45, 7) is 4.34. The van der Waals surface area contributed by atoms with Crippen molar-refractivity contribution in [1.82, 2.24) is 9.78 Å². The molecular formula is C17H18N4OS. The van der Waals surface area contributed by atoms with Gasteiger partial charge < -0.3 is 4.74 Å². The summed E-state index contributed by atoms with van der Waals surface area (Å²) in [5.41, 5.74) is 2.58. The van der Waals surface area contributed by atoms with E-state index in [2.05, 4.69) is 11.2 Å². The summed E-state index contributed by atoms with van der Waals surface area (Å²) in [7, 11) is 0. The van der Waals surface area contributed by atoms with Crippen molar-refractivity contribution in [2.75, 3.05) is 6.26 Å². The highest BCUT2D eigenvalue weighted by Crippen LogP contribution is 2.28. The minimum Gasteiger partial charge on any atom is -0.369 e. The number of thioether (sulfide) groups is 1. The highest BCUT2D eigenvalue weighted by Gasteiger charge is 2.30. The second-order valence-corrected chi connectivity index (χ2v) is 6.92. The molecule has 0 aliphatic carbocycles. The molecule has 6 heteroatoms. The van der Waals surface area contributed by atoms with Crippen LogP contribution in [0.4, 0.5) is 0 Å². The van der Waals surface area contributed by atoms with Crippen molar-refractivity contribution in [3.05, 3.63) is 46.6 Å². The first-order valence-electron chi connectivity index (χ1n) is 7.34. The van der Waals surface area contributed by atoms with Gasteiger partial charge in [-0.1, -0.05) is 12.1 Å². The molecule has 0 bridgehead atoms. The van der Waals surface area contributed by atoms with Crippen LogP contribution in [0.2, 0.25) is 0 Å². The van der Waals surface area contributed by atoms with Crippen LogP contribution in [0.15, 0.2) is 29.2 Å². The lowest BCUT2D eigenvalue weighted by Gasteiger charge is -2.32. The molecule has 0 saturated carbocycles. The van der Waals surface area contributed by atoms with Crippen LogP contribution in [0.1, 0.15) is 30.7 Å². The second kappa shape index (κ2) is 5.84. The highest BCUT2D eigenvalue weighted by atomic mass is 32.2.